The summed E-state index contributed by atoms with van der Waals surface area (Å²) in [6.07, 6.45) is 40.8. The minimum atomic E-state index is -0.609. The van der Waals surface area contributed by atoms with E-state index in [-0.39, 0.29) is 31.8 Å². The molecule has 0 saturated carbocycles. The number of hydrogen-bond donors (Lipinski definition) is 2. The molecule has 300 valence electrons. The van der Waals surface area contributed by atoms with Crippen LogP contribution in [0.5, 0.6) is 0 Å². The first-order valence-electron chi connectivity index (χ1n) is 21.6. The van der Waals surface area contributed by atoms with Crippen LogP contribution in [0, 0.1) is 0 Å². The van der Waals surface area contributed by atoms with E-state index in [1.54, 1.807) is 0 Å². The van der Waals surface area contributed by atoms with Crippen molar-refractivity contribution in [3.05, 3.63) is 24.3 Å². The van der Waals surface area contributed by atoms with Crippen molar-refractivity contribution in [2.24, 2.45) is 0 Å². The first kappa shape index (κ1) is 49.3. The van der Waals surface area contributed by atoms with Crippen LogP contribution in [0.4, 0.5) is 0 Å². The van der Waals surface area contributed by atoms with Crippen LogP contribution in [0.1, 0.15) is 194 Å². The van der Waals surface area contributed by atoms with E-state index in [4.69, 9.17) is 9.47 Å². The molecule has 0 aromatic heterocycles. The van der Waals surface area contributed by atoms with Gasteiger partial charge in [-0.1, -0.05) is 141 Å². The SMILES string of the molecule is CCCCCCCC/C=C/CCCCCCCC(=O)OCC(C[N+](C)(CCO)CCO)OC(=O)CCCCCCC/C=C/CCCCCCCC. The van der Waals surface area contributed by atoms with Gasteiger partial charge < -0.3 is 24.2 Å². The number of nitrogens with zero attached hydrogens (tertiary/aromatic N) is 1. The molecule has 1 unspecified atom stereocenters. The molecular weight excluding hydrogens is 638 g/mol. The molecule has 0 fully saturated rings. The summed E-state index contributed by atoms with van der Waals surface area (Å²) in [7, 11) is 1.92. The van der Waals surface area contributed by atoms with Crippen molar-refractivity contribution < 1.29 is 33.8 Å². The van der Waals surface area contributed by atoms with Crippen LogP contribution in [0.25, 0.3) is 0 Å². The first-order chi connectivity index (χ1) is 24.9. The fraction of sp³-hybridized carbons (Fsp3) is 0.864. The monoisotopic (exact) mass is 723 g/mol. The number of likely N-dealkylation sites (N-methyl/N-ethyl adjacent to an activating group) is 1. The Morgan fingerprint density at radius 2 is 0.882 bits per heavy atom. The molecule has 0 heterocycles. The molecule has 0 aromatic rings. The maximum atomic E-state index is 12.8. The van der Waals surface area contributed by atoms with Crippen molar-refractivity contribution in [2.45, 2.75) is 200 Å². The number of rotatable bonds is 39. The third-order valence-electron chi connectivity index (χ3n) is 9.94. The zero-order valence-electron chi connectivity index (χ0n) is 33.9. The molecule has 0 amide bonds. The lowest BCUT2D eigenvalue weighted by molar-refractivity contribution is -0.912. The summed E-state index contributed by atoms with van der Waals surface area (Å²) in [6.45, 7) is 5.66. The molecular formula is C44H84NO6+. The number of carbonyl (C=O) groups is 2. The molecule has 0 aliphatic carbocycles. The van der Waals surface area contributed by atoms with Gasteiger partial charge in [0.1, 0.15) is 26.2 Å². The highest BCUT2D eigenvalue weighted by molar-refractivity contribution is 5.70. The van der Waals surface area contributed by atoms with Gasteiger partial charge in [-0.3, -0.25) is 9.59 Å². The molecule has 2 N–H and O–H groups in total. The molecule has 0 bridgehead atoms. The third-order valence-corrected chi connectivity index (χ3v) is 9.94. The smallest absolute Gasteiger partial charge is 0.306 e. The summed E-state index contributed by atoms with van der Waals surface area (Å²) in [5.41, 5.74) is 0. The average molecular weight is 723 g/mol. The van der Waals surface area contributed by atoms with Crippen LogP contribution in [0.15, 0.2) is 24.3 Å². The van der Waals surface area contributed by atoms with Gasteiger partial charge in [0.15, 0.2) is 6.10 Å². The minimum absolute atomic E-state index is 0.00667. The van der Waals surface area contributed by atoms with Gasteiger partial charge in [-0.25, -0.2) is 0 Å². The largest absolute Gasteiger partial charge is 0.461 e. The van der Waals surface area contributed by atoms with Crippen molar-refractivity contribution in [3.63, 3.8) is 0 Å². The van der Waals surface area contributed by atoms with Crippen LogP contribution in [0.3, 0.4) is 0 Å². The van der Waals surface area contributed by atoms with E-state index in [9.17, 15) is 19.8 Å². The molecule has 7 heteroatoms. The van der Waals surface area contributed by atoms with Crippen molar-refractivity contribution >= 4 is 11.9 Å². The molecule has 1 atom stereocenters. The Hall–Kier alpha value is -1.70. The molecule has 0 aliphatic heterocycles. The van der Waals surface area contributed by atoms with E-state index in [2.05, 4.69) is 38.2 Å². The molecule has 7 nitrogen and oxygen atoms in total. The van der Waals surface area contributed by atoms with Crippen molar-refractivity contribution in [2.75, 3.05) is 46.5 Å². The van der Waals surface area contributed by atoms with Gasteiger partial charge in [0.05, 0.1) is 20.3 Å². The van der Waals surface area contributed by atoms with E-state index in [0.29, 0.717) is 37.0 Å². The van der Waals surface area contributed by atoms with Gasteiger partial charge in [0.25, 0.3) is 0 Å². The predicted molar refractivity (Wildman–Crippen MR) is 215 cm³/mol. The van der Waals surface area contributed by atoms with Gasteiger partial charge in [0.2, 0.25) is 0 Å². The topological polar surface area (TPSA) is 93.1 Å². The highest BCUT2D eigenvalue weighted by Gasteiger charge is 2.29. The highest BCUT2D eigenvalue weighted by atomic mass is 16.6. The van der Waals surface area contributed by atoms with E-state index >= 15 is 0 Å². The summed E-state index contributed by atoms with van der Waals surface area (Å²) >= 11 is 0. The van der Waals surface area contributed by atoms with E-state index in [1.807, 2.05) is 7.05 Å². The van der Waals surface area contributed by atoms with E-state index in [1.165, 1.54) is 116 Å². The summed E-state index contributed by atoms with van der Waals surface area (Å²) in [5, 5.41) is 19.2. The Labute approximate surface area is 315 Å². The predicted octanol–water partition coefficient (Wildman–Crippen LogP) is 10.9. The molecule has 0 spiro atoms. The van der Waals surface area contributed by atoms with E-state index in [0.717, 1.165) is 51.4 Å². The number of allylic oxidation sites excluding steroid dienone is 4. The molecule has 51 heavy (non-hydrogen) atoms. The minimum Gasteiger partial charge on any atom is -0.461 e. The fourth-order valence-corrected chi connectivity index (χ4v) is 6.58. The van der Waals surface area contributed by atoms with Crippen molar-refractivity contribution in [1.29, 1.82) is 0 Å². The van der Waals surface area contributed by atoms with Crippen LogP contribution in [0.2, 0.25) is 0 Å². The standard InChI is InChI=1S/C44H84NO6/c1-4-6-8-10-12-14-16-18-20-22-24-26-28-30-32-34-43(48)50-41-42(40-45(3,36-38-46)37-39-47)51-44(49)35-33-31-29-27-25-23-21-19-17-15-13-11-9-7-5-2/h18-21,42,46-47H,4-17,22-41H2,1-3H3/q+1/b20-18+,21-19+. The van der Waals surface area contributed by atoms with Crippen molar-refractivity contribution in [3.8, 4) is 0 Å². The average Bonchev–Trinajstić information content (AvgIpc) is 3.10. The summed E-state index contributed by atoms with van der Waals surface area (Å²) < 4.78 is 11.8. The Bertz CT molecular complexity index is 822. The number of aliphatic hydroxyl groups is 2. The van der Waals surface area contributed by atoms with E-state index < -0.39 is 6.10 Å². The normalized spacial score (nSPS) is 12.6. The van der Waals surface area contributed by atoms with Gasteiger partial charge in [-0.15, -0.1) is 0 Å². The van der Waals surface area contributed by atoms with Crippen LogP contribution < -0.4 is 0 Å². The molecule has 0 radical (unpaired) electrons. The quantitative estimate of drug-likeness (QED) is 0.0284. The molecule has 0 aromatic carbocycles. The number of unbranched alkanes of at least 4 members (excludes halogenated alkanes) is 22. The molecule has 0 aliphatic rings. The number of quaternary nitrogens is 1. The Morgan fingerprint density at radius 3 is 1.27 bits per heavy atom. The number of hydrogen-bond acceptors (Lipinski definition) is 6. The lowest BCUT2D eigenvalue weighted by atomic mass is 10.1. The number of ether oxygens (including phenoxy) is 2. The summed E-state index contributed by atoms with van der Waals surface area (Å²) in [6, 6.07) is 0. The zero-order chi connectivity index (χ0) is 37.5. The second kappa shape index (κ2) is 38.0. The third kappa shape index (κ3) is 35.1. The van der Waals surface area contributed by atoms with Crippen LogP contribution in [-0.4, -0.2) is 79.2 Å². The van der Waals surface area contributed by atoms with Crippen molar-refractivity contribution in [1.82, 2.24) is 0 Å². The summed E-state index contributed by atoms with van der Waals surface area (Å²) in [4.78, 5) is 25.3. The van der Waals surface area contributed by atoms with Gasteiger partial charge in [-0.2, -0.15) is 0 Å². The maximum absolute atomic E-state index is 12.8. The Kier molecular flexibility index (Phi) is 36.8. The second-order valence-electron chi connectivity index (χ2n) is 15.2. The summed E-state index contributed by atoms with van der Waals surface area (Å²) in [5.74, 6) is -0.532. The fourth-order valence-electron chi connectivity index (χ4n) is 6.58. The lowest BCUT2D eigenvalue weighted by Crippen LogP contribution is -2.53. The second-order valence-corrected chi connectivity index (χ2v) is 15.2. The maximum Gasteiger partial charge on any atom is 0.306 e. The lowest BCUT2D eigenvalue weighted by Gasteiger charge is -2.36. The zero-order valence-corrected chi connectivity index (χ0v) is 33.9. The number of carbonyl (C=O) groups excluding carboxylic acids is 2. The first-order valence-corrected chi connectivity index (χ1v) is 21.6. The number of aliphatic hydroxyl groups excluding tert-OH is 2. The number of esters is 2. The molecule has 0 rings (SSSR count). The van der Waals surface area contributed by atoms with Crippen LogP contribution in [-0.2, 0) is 19.1 Å². The van der Waals surface area contributed by atoms with Gasteiger partial charge in [0, 0.05) is 12.8 Å². The van der Waals surface area contributed by atoms with Gasteiger partial charge >= 0.3 is 11.9 Å². The molecule has 0 saturated heterocycles. The Balaban J connectivity index is 4.26. The Morgan fingerprint density at radius 1 is 0.529 bits per heavy atom. The van der Waals surface area contributed by atoms with Gasteiger partial charge in [-0.05, 0) is 64.2 Å². The van der Waals surface area contributed by atoms with Crippen LogP contribution >= 0.6 is 0 Å². The highest BCUT2D eigenvalue weighted by Crippen LogP contribution is 2.14.